The average molecular weight is 373 g/mol. The molecule has 0 radical (unpaired) electrons. The lowest BCUT2D eigenvalue weighted by Gasteiger charge is -2.46. The summed E-state index contributed by atoms with van der Waals surface area (Å²) in [5.74, 6) is 0.980. The van der Waals surface area contributed by atoms with E-state index in [1.807, 2.05) is 18.3 Å². The molecule has 26 heavy (non-hydrogen) atoms. The van der Waals surface area contributed by atoms with Crippen LogP contribution in [0.3, 0.4) is 0 Å². The number of hydrogen-bond acceptors (Lipinski definition) is 5. The van der Waals surface area contributed by atoms with Crippen molar-refractivity contribution in [2.24, 2.45) is 0 Å². The van der Waals surface area contributed by atoms with Crippen LogP contribution in [0.25, 0.3) is 0 Å². The van der Waals surface area contributed by atoms with Gasteiger partial charge in [-0.25, -0.2) is 0 Å². The fourth-order valence-electron chi connectivity index (χ4n) is 4.75. The van der Waals surface area contributed by atoms with Crippen LogP contribution in [0.15, 0.2) is 35.8 Å². The van der Waals surface area contributed by atoms with E-state index < -0.39 is 0 Å². The average Bonchev–Trinajstić information content (AvgIpc) is 3.32. The monoisotopic (exact) mass is 372 g/mol. The van der Waals surface area contributed by atoms with Crippen LogP contribution in [0.4, 0.5) is 0 Å². The molecule has 2 aromatic rings. The van der Waals surface area contributed by atoms with Gasteiger partial charge in [0.15, 0.2) is 0 Å². The lowest BCUT2D eigenvalue weighted by Crippen LogP contribution is -2.51. The molecule has 4 nitrogen and oxygen atoms in total. The number of methoxy groups -OCH3 is 1. The number of ether oxygens (including phenoxy) is 2. The summed E-state index contributed by atoms with van der Waals surface area (Å²) in [4.78, 5) is 6.02. The minimum Gasteiger partial charge on any atom is -0.496 e. The number of nitrogens with one attached hydrogen (secondary N) is 1. The summed E-state index contributed by atoms with van der Waals surface area (Å²) in [6.45, 7) is 2.60. The molecule has 3 heterocycles. The van der Waals surface area contributed by atoms with Gasteiger partial charge in [0, 0.05) is 37.0 Å². The number of aromatic nitrogens is 1. The Kier molecular flexibility index (Phi) is 5.30. The summed E-state index contributed by atoms with van der Waals surface area (Å²) in [6, 6.07) is 8.36. The van der Waals surface area contributed by atoms with Gasteiger partial charge in [-0.2, -0.15) is 0 Å². The van der Waals surface area contributed by atoms with E-state index in [2.05, 4.69) is 22.8 Å². The zero-order valence-corrected chi connectivity index (χ0v) is 16.3. The molecule has 1 aliphatic heterocycles. The van der Waals surface area contributed by atoms with Gasteiger partial charge in [-0.05, 0) is 49.3 Å². The molecule has 1 unspecified atom stereocenters. The van der Waals surface area contributed by atoms with Gasteiger partial charge >= 0.3 is 0 Å². The van der Waals surface area contributed by atoms with Crippen LogP contribution in [0, 0.1) is 0 Å². The number of thiophene rings is 1. The lowest BCUT2D eigenvalue weighted by atomic mass is 9.69. The molecule has 5 heteroatoms. The van der Waals surface area contributed by atoms with Crippen molar-refractivity contribution in [2.45, 2.75) is 56.1 Å². The zero-order valence-electron chi connectivity index (χ0n) is 15.5. The Morgan fingerprint density at radius 3 is 2.88 bits per heavy atom. The van der Waals surface area contributed by atoms with E-state index in [1.54, 1.807) is 18.4 Å². The summed E-state index contributed by atoms with van der Waals surface area (Å²) in [5, 5.41) is 5.80. The van der Waals surface area contributed by atoms with E-state index in [4.69, 9.17) is 14.5 Å². The summed E-state index contributed by atoms with van der Waals surface area (Å²) in [6.07, 6.45) is 9.00. The number of hydrogen-bond donors (Lipinski definition) is 1. The second kappa shape index (κ2) is 7.67. The molecule has 1 aliphatic carbocycles. The second-order valence-corrected chi connectivity index (χ2v) is 8.68. The van der Waals surface area contributed by atoms with Crippen LogP contribution >= 0.6 is 11.3 Å². The van der Waals surface area contributed by atoms with Crippen molar-refractivity contribution in [3.05, 3.63) is 46.4 Å². The normalized spacial score (nSPS) is 24.8. The maximum absolute atomic E-state index is 6.32. The molecular weight excluding hydrogens is 344 g/mol. The van der Waals surface area contributed by atoms with Crippen LogP contribution < -0.4 is 10.1 Å². The molecule has 1 spiro atoms. The maximum Gasteiger partial charge on any atom is 0.134 e. The molecule has 1 N–H and O–H groups in total. The first-order chi connectivity index (χ1) is 12.8. The van der Waals surface area contributed by atoms with Crippen molar-refractivity contribution in [2.75, 3.05) is 20.3 Å². The quantitative estimate of drug-likeness (QED) is 0.821. The molecule has 1 saturated carbocycles. The van der Waals surface area contributed by atoms with Crippen molar-refractivity contribution in [3.63, 3.8) is 0 Å². The molecule has 2 fully saturated rings. The van der Waals surface area contributed by atoms with Crippen LogP contribution in [0.1, 0.15) is 49.1 Å². The molecule has 2 aliphatic rings. The van der Waals surface area contributed by atoms with E-state index in [0.717, 1.165) is 38.3 Å². The first-order valence-corrected chi connectivity index (χ1v) is 10.5. The van der Waals surface area contributed by atoms with E-state index in [1.165, 1.54) is 36.3 Å². The standard InChI is InChI=1S/C21H28N2O2S/c1-24-17-7-13-26-18(17)14-22-16-20(19-6-2-5-11-23-19)10-12-25-21(15-20)8-3-4-9-21/h2,5-7,11,13,22H,3-4,8-10,12,14-16H2,1H3. The summed E-state index contributed by atoms with van der Waals surface area (Å²) < 4.78 is 11.8. The van der Waals surface area contributed by atoms with Gasteiger partial charge in [-0.1, -0.05) is 18.9 Å². The Bertz CT molecular complexity index is 712. The predicted molar refractivity (Wildman–Crippen MR) is 105 cm³/mol. The lowest BCUT2D eigenvalue weighted by molar-refractivity contribution is -0.102. The highest BCUT2D eigenvalue weighted by Gasteiger charge is 2.48. The Morgan fingerprint density at radius 1 is 1.23 bits per heavy atom. The van der Waals surface area contributed by atoms with E-state index >= 15 is 0 Å². The first kappa shape index (κ1) is 18.0. The third kappa shape index (κ3) is 3.53. The third-order valence-electron chi connectivity index (χ3n) is 6.05. The minimum absolute atomic E-state index is 0.0499. The van der Waals surface area contributed by atoms with Crippen LogP contribution in [0.2, 0.25) is 0 Å². The number of rotatable bonds is 6. The molecule has 2 aromatic heterocycles. The van der Waals surface area contributed by atoms with Crippen molar-refractivity contribution < 1.29 is 9.47 Å². The summed E-state index contributed by atoms with van der Waals surface area (Å²) in [5.41, 5.74) is 1.33. The Labute approximate surface area is 159 Å². The van der Waals surface area contributed by atoms with Gasteiger partial charge in [0.2, 0.25) is 0 Å². The van der Waals surface area contributed by atoms with Gasteiger partial charge in [0.05, 0.1) is 17.6 Å². The van der Waals surface area contributed by atoms with Crippen molar-refractivity contribution in [3.8, 4) is 5.75 Å². The Balaban J connectivity index is 1.53. The highest BCUT2D eigenvalue weighted by Crippen LogP contribution is 2.48. The Morgan fingerprint density at radius 2 is 2.12 bits per heavy atom. The molecule has 140 valence electrons. The van der Waals surface area contributed by atoms with Crippen LogP contribution in [-0.2, 0) is 16.7 Å². The Hall–Kier alpha value is -1.43. The fraction of sp³-hybridized carbons (Fsp3) is 0.571. The molecule has 0 bridgehead atoms. The van der Waals surface area contributed by atoms with Gasteiger partial charge in [-0.3, -0.25) is 4.98 Å². The minimum atomic E-state index is 0.0499. The molecule has 0 amide bonds. The van der Waals surface area contributed by atoms with Crippen LogP contribution in [0.5, 0.6) is 5.75 Å². The van der Waals surface area contributed by atoms with Gasteiger partial charge in [-0.15, -0.1) is 11.3 Å². The largest absolute Gasteiger partial charge is 0.496 e. The van der Waals surface area contributed by atoms with Gasteiger partial charge in [0.1, 0.15) is 5.75 Å². The molecule has 1 saturated heterocycles. The predicted octanol–water partition coefficient (Wildman–Crippen LogP) is 4.30. The summed E-state index contributed by atoms with van der Waals surface area (Å²) >= 11 is 1.75. The van der Waals surface area contributed by atoms with Gasteiger partial charge in [0.25, 0.3) is 0 Å². The topological polar surface area (TPSA) is 43.4 Å². The zero-order chi connectivity index (χ0) is 17.9. The first-order valence-electron chi connectivity index (χ1n) is 9.62. The van der Waals surface area contributed by atoms with E-state index in [0.29, 0.717) is 0 Å². The number of pyridine rings is 1. The SMILES string of the molecule is COc1ccsc1CNCC1(c2ccccn2)CCOC2(CCCC2)C1. The smallest absolute Gasteiger partial charge is 0.134 e. The number of nitrogens with zero attached hydrogens (tertiary/aromatic N) is 1. The second-order valence-electron chi connectivity index (χ2n) is 7.68. The fourth-order valence-corrected chi connectivity index (χ4v) is 5.56. The highest BCUT2D eigenvalue weighted by atomic mass is 32.1. The molecule has 0 aromatic carbocycles. The molecular formula is C21H28N2O2S. The van der Waals surface area contributed by atoms with Crippen molar-refractivity contribution in [1.29, 1.82) is 0 Å². The van der Waals surface area contributed by atoms with Gasteiger partial charge < -0.3 is 14.8 Å². The maximum atomic E-state index is 6.32. The highest BCUT2D eigenvalue weighted by molar-refractivity contribution is 7.10. The van der Waals surface area contributed by atoms with E-state index in [-0.39, 0.29) is 11.0 Å². The van der Waals surface area contributed by atoms with Crippen molar-refractivity contribution >= 4 is 11.3 Å². The van der Waals surface area contributed by atoms with E-state index in [9.17, 15) is 0 Å². The van der Waals surface area contributed by atoms with Crippen LogP contribution in [-0.4, -0.2) is 30.8 Å². The molecule has 1 atom stereocenters. The third-order valence-corrected chi connectivity index (χ3v) is 6.95. The van der Waals surface area contributed by atoms with Crippen molar-refractivity contribution in [1.82, 2.24) is 10.3 Å². The summed E-state index contributed by atoms with van der Waals surface area (Å²) in [7, 11) is 1.74. The molecule has 4 rings (SSSR count).